The topological polar surface area (TPSA) is 69.3 Å². The van der Waals surface area contributed by atoms with E-state index in [-0.39, 0.29) is 11.9 Å². The summed E-state index contributed by atoms with van der Waals surface area (Å²) >= 11 is 0. The van der Waals surface area contributed by atoms with E-state index in [2.05, 4.69) is 30.1 Å². The van der Waals surface area contributed by atoms with Crippen LogP contribution in [0.3, 0.4) is 0 Å². The second-order valence-electron chi connectivity index (χ2n) is 7.34. The number of hydrogen-bond acceptors (Lipinski definition) is 6. The van der Waals surface area contributed by atoms with Crippen molar-refractivity contribution in [3.63, 3.8) is 0 Å². The average molecular weight is 441 g/mol. The Kier molecular flexibility index (Phi) is 8.39. The van der Waals surface area contributed by atoms with Gasteiger partial charge in [0.25, 0.3) is 0 Å². The molecule has 1 atom stereocenters. The van der Waals surface area contributed by atoms with Crippen LogP contribution in [0, 0.1) is 0 Å². The Morgan fingerprint density at radius 3 is 2.62 bits per heavy atom. The van der Waals surface area contributed by atoms with Gasteiger partial charge in [-0.25, -0.2) is 0 Å². The first-order chi connectivity index (χ1) is 15.6. The maximum Gasteiger partial charge on any atom is 0.244 e. The third-order valence-electron chi connectivity index (χ3n) is 5.48. The summed E-state index contributed by atoms with van der Waals surface area (Å²) in [5.41, 5.74) is 1.91. The SMILES string of the molecule is CCN(CC)C(CNC(=O)/C=C/c1cc(OC)c2c(c1)OCCO2)c1cccc(OC)c1. The van der Waals surface area contributed by atoms with Gasteiger partial charge in [0.2, 0.25) is 11.7 Å². The van der Waals surface area contributed by atoms with Crippen molar-refractivity contribution in [3.8, 4) is 23.0 Å². The second kappa shape index (κ2) is 11.4. The molecular formula is C25H32N2O5. The average Bonchev–Trinajstić information content (AvgIpc) is 2.84. The van der Waals surface area contributed by atoms with Gasteiger partial charge in [-0.15, -0.1) is 0 Å². The van der Waals surface area contributed by atoms with E-state index in [9.17, 15) is 4.79 Å². The van der Waals surface area contributed by atoms with E-state index in [1.54, 1.807) is 20.3 Å². The summed E-state index contributed by atoms with van der Waals surface area (Å²) in [6.45, 7) is 7.45. The number of fused-ring (bicyclic) bond motifs is 1. The van der Waals surface area contributed by atoms with Crippen molar-refractivity contribution in [2.45, 2.75) is 19.9 Å². The van der Waals surface area contributed by atoms with E-state index < -0.39 is 0 Å². The maximum absolute atomic E-state index is 12.6. The van der Waals surface area contributed by atoms with Crippen LogP contribution in [-0.2, 0) is 4.79 Å². The van der Waals surface area contributed by atoms with E-state index in [4.69, 9.17) is 18.9 Å². The fourth-order valence-electron chi connectivity index (χ4n) is 3.79. The number of rotatable bonds is 10. The maximum atomic E-state index is 12.6. The zero-order chi connectivity index (χ0) is 22.9. The first-order valence-corrected chi connectivity index (χ1v) is 10.9. The highest BCUT2D eigenvalue weighted by molar-refractivity contribution is 5.92. The molecule has 2 aromatic rings. The van der Waals surface area contributed by atoms with Gasteiger partial charge in [-0.2, -0.15) is 0 Å². The fourth-order valence-corrected chi connectivity index (χ4v) is 3.79. The third kappa shape index (κ3) is 5.73. The van der Waals surface area contributed by atoms with E-state index in [0.29, 0.717) is 37.0 Å². The van der Waals surface area contributed by atoms with E-state index >= 15 is 0 Å². The molecule has 0 saturated carbocycles. The van der Waals surface area contributed by atoms with Crippen LogP contribution in [0.1, 0.15) is 31.0 Å². The number of likely N-dealkylation sites (N-methyl/N-ethyl adjacent to an activating group) is 1. The molecule has 7 heteroatoms. The number of amides is 1. The summed E-state index contributed by atoms with van der Waals surface area (Å²) in [4.78, 5) is 14.9. The van der Waals surface area contributed by atoms with Crippen molar-refractivity contribution >= 4 is 12.0 Å². The number of carbonyl (C=O) groups is 1. The normalized spacial score (nSPS) is 13.8. The zero-order valence-corrected chi connectivity index (χ0v) is 19.2. The van der Waals surface area contributed by atoms with Gasteiger partial charge in [0, 0.05) is 12.6 Å². The van der Waals surface area contributed by atoms with Crippen LogP contribution in [-0.4, -0.2) is 57.9 Å². The summed E-state index contributed by atoms with van der Waals surface area (Å²) in [5.74, 6) is 2.44. The molecule has 0 aromatic heterocycles. The molecular weight excluding hydrogens is 408 g/mol. The predicted octanol–water partition coefficient (Wildman–Crippen LogP) is 3.69. The molecule has 1 unspecified atom stereocenters. The van der Waals surface area contributed by atoms with E-state index in [1.165, 1.54) is 6.08 Å². The first kappa shape index (κ1) is 23.5. The van der Waals surface area contributed by atoms with Gasteiger partial charge in [-0.3, -0.25) is 9.69 Å². The number of benzene rings is 2. The van der Waals surface area contributed by atoms with Crippen LogP contribution in [0.2, 0.25) is 0 Å². The largest absolute Gasteiger partial charge is 0.497 e. The summed E-state index contributed by atoms with van der Waals surface area (Å²) < 4.78 is 22.1. The van der Waals surface area contributed by atoms with Crippen molar-refractivity contribution in [1.82, 2.24) is 10.2 Å². The summed E-state index contributed by atoms with van der Waals surface area (Å²) in [7, 11) is 3.24. The standard InChI is InChI=1S/C25H32N2O5/c1-5-27(6-2)21(19-8-7-9-20(16-19)29-3)17-26-24(28)11-10-18-14-22(30-4)25-23(15-18)31-12-13-32-25/h7-11,14-16,21H,5-6,12-13,17H2,1-4H3,(H,26,28)/b11-10+. The van der Waals surface area contributed by atoms with Crippen LogP contribution in [0.15, 0.2) is 42.5 Å². The molecule has 1 aliphatic heterocycles. The number of carbonyl (C=O) groups excluding carboxylic acids is 1. The second-order valence-corrected chi connectivity index (χ2v) is 7.34. The number of ether oxygens (including phenoxy) is 4. The molecule has 1 aliphatic rings. The van der Waals surface area contributed by atoms with Crippen molar-refractivity contribution in [1.29, 1.82) is 0 Å². The molecule has 0 radical (unpaired) electrons. The zero-order valence-electron chi connectivity index (χ0n) is 19.2. The van der Waals surface area contributed by atoms with E-state index in [1.807, 2.05) is 30.3 Å². The lowest BCUT2D eigenvalue weighted by Gasteiger charge is -2.30. The molecule has 0 aliphatic carbocycles. The molecule has 32 heavy (non-hydrogen) atoms. The minimum atomic E-state index is -0.168. The number of nitrogens with zero attached hydrogens (tertiary/aromatic N) is 1. The molecule has 1 amide bonds. The Bertz CT molecular complexity index is 923. The Labute approximate surface area is 189 Å². The van der Waals surface area contributed by atoms with Crippen LogP contribution >= 0.6 is 0 Å². The monoisotopic (exact) mass is 440 g/mol. The van der Waals surface area contributed by atoms with Crippen molar-refractivity contribution in [2.24, 2.45) is 0 Å². The number of nitrogens with one attached hydrogen (secondary N) is 1. The minimum Gasteiger partial charge on any atom is -0.497 e. The Hall–Kier alpha value is -3.19. The first-order valence-electron chi connectivity index (χ1n) is 10.9. The molecule has 0 fully saturated rings. The molecule has 1 N–H and O–H groups in total. The molecule has 172 valence electrons. The van der Waals surface area contributed by atoms with Gasteiger partial charge in [0.05, 0.1) is 20.3 Å². The van der Waals surface area contributed by atoms with Crippen LogP contribution in [0.5, 0.6) is 23.0 Å². The highest BCUT2D eigenvalue weighted by Gasteiger charge is 2.20. The highest BCUT2D eigenvalue weighted by Crippen LogP contribution is 2.40. The van der Waals surface area contributed by atoms with Crippen LogP contribution < -0.4 is 24.3 Å². The van der Waals surface area contributed by atoms with Crippen LogP contribution in [0.25, 0.3) is 6.08 Å². The van der Waals surface area contributed by atoms with Gasteiger partial charge in [0.1, 0.15) is 19.0 Å². The van der Waals surface area contributed by atoms with Crippen molar-refractivity contribution < 1.29 is 23.7 Å². The number of methoxy groups -OCH3 is 2. The smallest absolute Gasteiger partial charge is 0.244 e. The number of hydrogen-bond donors (Lipinski definition) is 1. The molecule has 0 saturated heterocycles. The molecule has 7 nitrogen and oxygen atoms in total. The molecule has 0 spiro atoms. The molecule has 3 rings (SSSR count). The van der Waals surface area contributed by atoms with E-state index in [0.717, 1.165) is 30.0 Å². The highest BCUT2D eigenvalue weighted by atomic mass is 16.6. The fraction of sp³-hybridized carbons (Fsp3) is 0.400. The third-order valence-corrected chi connectivity index (χ3v) is 5.48. The van der Waals surface area contributed by atoms with Gasteiger partial charge in [-0.05, 0) is 54.6 Å². The summed E-state index contributed by atoms with van der Waals surface area (Å²) in [5, 5.41) is 3.03. The molecule has 0 bridgehead atoms. The lowest BCUT2D eigenvalue weighted by atomic mass is 10.0. The lowest BCUT2D eigenvalue weighted by molar-refractivity contribution is -0.116. The van der Waals surface area contributed by atoms with Crippen LogP contribution in [0.4, 0.5) is 0 Å². The minimum absolute atomic E-state index is 0.0480. The molecule has 1 heterocycles. The summed E-state index contributed by atoms with van der Waals surface area (Å²) in [6.07, 6.45) is 3.27. The Morgan fingerprint density at radius 1 is 1.12 bits per heavy atom. The van der Waals surface area contributed by atoms with Gasteiger partial charge in [0.15, 0.2) is 11.5 Å². The van der Waals surface area contributed by atoms with Crippen molar-refractivity contribution in [3.05, 3.63) is 53.6 Å². The van der Waals surface area contributed by atoms with Gasteiger partial charge < -0.3 is 24.3 Å². The Morgan fingerprint density at radius 2 is 1.91 bits per heavy atom. The predicted molar refractivity (Wildman–Crippen MR) is 125 cm³/mol. The molecule has 2 aromatic carbocycles. The van der Waals surface area contributed by atoms with Gasteiger partial charge in [-0.1, -0.05) is 26.0 Å². The van der Waals surface area contributed by atoms with Gasteiger partial charge >= 0.3 is 0 Å². The Balaban J connectivity index is 1.70. The summed E-state index contributed by atoms with van der Waals surface area (Å²) in [6, 6.07) is 11.7. The quantitative estimate of drug-likeness (QED) is 0.569. The van der Waals surface area contributed by atoms with Crippen molar-refractivity contribution in [2.75, 3.05) is 47.1 Å². The lowest BCUT2D eigenvalue weighted by Crippen LogP contribution is -2.37.